The van der Waals surface area contributed by atoms with Gasteiger partial charge in [0.2, 0.25) is 0 Å². The van der Waals surface area contributed by atoms with Gasteiger partial charge in [0.25, 0.3) is 0 Å². The molecule has 7 nitrogen and oxygen atoms in total. The van der Waals surface area contributed by atoms with Gasteiger partial charge in [-0.1, -0.05) is 24.3 Å². The predicted octanol–water partition coefficient (Wildman–Crippen LogP) is 1.81. The van der Waals surface area contributed by atoms with E-state index in [0.717, 1.165) is 25.2 Å². The number of amides is 2. The highest BCUT2D eigenvalue weighted by atomic mass is 16.2. The average Bonchev–Trinajstić information content (AvgIpc) is 3.28. The van der Waals surface area contributed by atoms with Crippen molar-refractivity contribution in [3.8, 4) is 0 Å². The molecular weight excluding hydrogens is 316 g/mol. The number of carbonyl (C=O) groups is 1. The van der Waals surface area contributed by atoms with Gasteiger partial charge in [-0.25, -0.2) is 4.79 Å². The molecule has 1 aliphatic rings. The fraction of sp³-hybridized carbons (Fsp3) is 0.278. The summed E-state index contributed by atoms with van der Waals surface area (Å²) >= 11 is 0. The maximum absolute atomic E-state index is 12.2. The molecule has 4 rings (SSSR count). The Balaban J connectivity index is 1.30. The SMILES string of the molecule is O=C(NCc1nnc2ccccn12)N[C@H]1CCN(c2ccccc2)C1. The summed E-state index contributed by atoms with van der Waals surface area (Å²) in [6.45, 7) is 2.11. The summed E-state index contributed by atoms with van der Waals surface area (Å²) in [5.74, 6) is 0.711. The van der Waals surface area contributed by atoms with Gasteiger partial charge in [-0.2, -0.15) is 0 Å². The van der Waals surface area contributed by atoms with Crippen molar-refractivity contribution < 1.29 is 4.79 Å². The lowest BCUT2D eigenvalue weighted by molar-refractivity contribution is 0.237. The first-order valence-electron chi connectivity index (χ1n) is 8.42. The van der Waals surface area contributed by atoms with Gasteiger partial charge in [0, 0.05) is 31.0 Å². The molecule has 1 saturated heterocycles. The summed E-state index contributed by atoms with van der Waals surface area (Å²) < 4.78 is 1.87. The maximum Gasteiger partial charge on any atom is 0.315 e. The number of aromatic nitrogens is 3. The molecule has 1 atom stereocenters. The van der Waals surface area contributed by atoms with Crippen LogP contribution in [-0.2, 0) is 6.54 Å². The van der Waals surface area contributed by atoms with Gasteiger partial charge in [0.05, 0.1) is 6.54 Å². The number of rotatable bonds is 4. The zero-order chi connectivity index (χ0) is 17.1. The topological polar surface area (TPSA) is 74.6 Å². The number of urea groups is 1. The van der Waals surface area contributed by atoms with E-state index < -0.39 is 0 Å². The molecule has 0 aliphatic carbocycles. The van der Waals surface area contributed by atoms with E-state index in [2.05, 4.69) is 37.9 Å². The number of para-hydroxylation sites is 1. The van der Waals surface area contributed by atoms with Crippen molar-refractivity contribution in [3.05, 3.63) is 60.6 Å². The van der Waals surface area contributed by atoms with E-state index in [1.165, 1.54) is 5.69 Å². The molecule has 3 heterocycles. The fourth-order valence-electron chi connectivity index (χ4n) is 3.16. The molecule has 2 amide bonds. The Labute approximate surface area is 145 Å². The van der Waals surface area contributed by atoms with Gasteiger partial charge in [-0.15, -0.1) is 10.2 Å². The summed E-state index contributed by atoms with van der Waals surface area (Å²) in [5.41, 5.74) is 1.97. The average molecular weight is 336 g/mol. The lowest BCUT2D eigenvalue weighted by atomic mass is 10.3. The third-order valence-electron chi connectivity index (χ3n) is 4.44. The number of hydrogen-bond acceptors (Lipinski definition) is 4. The highest BCUT2D eigenvalue weighted by molar-refractivity contribution is 5.74. The normalized spacial score (nSPS) is 17.0. The van der Waals surface area contributed by atoms with Crippen molar-refractivity contribution in [1.29, 1.82) is 0 Å². The number of pyridine rings is 1. The quantitative estimate of drug-likeness (QED) is 0.762. The molecule has 0 spiro atoms. The minimum Gasteiger partial charge on any atom is -0.369 e. The van der Waals surface area contributed by atoms with Gasteiger partial charge in [-0.3, -0.25) is 4.40 Å². The van der Waals surface area contributed by atoms with Crippen molar-refractivity contribution in [2.24, 2.45) is 0 Å². The number of fused-ring (bicyclic) bond motifs is 1. The van der Waals surface area contributed by atoms with Gasteiger partial charge in [0.15, 0.2) is 11.5 Å². The monoisotopic (exact) mass is 336 g/mol. The summed E-state index contributed by atoms with van der Waals surface area (Å²) in [6, 6.07) is 15.9. The van der Waals surface area contributed by atoms with Crippen LogP contribution >= 0.6 is 0 Å². The number of hydrogen-bond donors (Lipinski definition) is 2. The van der Waals surface area contributed by atoms with Gasteiger partial charge in [-0.05, 0) is 30.7 Å². The lowest BCUT2D eigenvalue weighted by Crippen LogP contribution is -2.43. The van der Waals surface area contributed by atoms with Crippen LogP contribution in [0.2, 0.25) is 0 Å². The van der Waals surface area contributed by atoms with Gasteiger partial charge in [0.1, 0.15) is 0 Å². The van der Waals surface area contributed by atoms with Crippen LogP contribution in [0.25, 0.3) is 5.65 Å². The van der Waals surface area contributed by atoms with E-state index in [1.807, 2.05) is 47.0 Å². The number of anilines is 1. The van der Waals surface area contributed by atoms with E-state index >= 15 is 0 Å². The zero-order valence-corrected chi connectivity index (χ0v) is 13.8. The molecule has 128 valence electrons. The van der Waals surface area contributed by atoms with Crippen LogP contribution in [-0.4, -0.2) is 39.8 Å². The molecule has 1 fully saturated rings. The highest BCUT2D eigenvalue weighted by Gasteiger charge is 2.24. The lowest BCUT2D eigenvalue weighted by Gasteiger charge is -2.19. The molecule has 1 aliphatic heterocycles. The summed E-state index contributed by atoms with van der Waals surface area (Å²) in [7, 11) is 0. The number of nitrogens with one attached hydrogen (secondary N) is 2. The molecule has 0 saturated carbocycles. The molecule has 7 heteroatoms. The third kappa shape index (κ3) is 3.40. The van der Waals surface area contributed by atoms with E-state index in [9.17, 15) is 4.79 Å². The van der Waals surface area contributed by atoms with Crippen LogP contribution < -0.4 is 15.5 Å². The van der Waals surface area contributed by atoms with Crippen molar-refractivity contribution >= 4 is 17.4 Å². The molecule has 25 heavy (non-hydrogen) atoms. The molecule has 0 bridgehead atoms. The second-order valence-electron chi connectivity index (χ2n) is 6.14. The smallest absolute Gasteiger partial charge is 0.315 e. The Morgan fingerprint density at radius 1 is 1.12 bits per heavy atom. The Kier molecular flexibility index (Phi) is 4.20. The van der Waals surface area contributed by atoms with Crippen LogP contribution in [0.3, 0.4) is 0 Å². The van der Waals surface area contributed by atoms with Crippen LogP contribution in [0.4, 0.5) is 10.5 Å². The standard InChI is InChI=1S/C18H20N6O/c25-18(19-12-17-22-21-16-8-4-5-10-24(16)17)20-14-9-11-23(13-14)15-6-2-1-3-7-15/h1-8,10,14H,9,11-13H2,(H2,19,20,25)/t14-/m0/s1. The molecule has 3 aromatic rings. The number of carbonyl (C=O) groups excluding carboxylic acids is 1. The van der Waals surface area contributed by atoms with Crippen molar-refractivity contribution in [2.75, 3.05) is 18.0 Å². The summed E-state index contributed by atoms with van der Waals surface area (Å²) in [6.07, 6.45) is 2.83. The summed E-state index contributed by atoms with van der Waals surface area (Å²) in [5, 5.41) is 14.1. The van der Waals surface area contributed by atoms with Gasteiger partial charge >= 0.3 is 6.03 Å². The zero-order valence-electron chi connectivity index (χ0n) is 13.8. The summed E-state index contributed by atoms with van der Waals surface area (Å²) in [4.78, 5) is 14.5. The fourth-order valence-corrected chi connectivity index (χ4v) is 3.16. The van der Waals surface area contributed by atoms with Crippen LogP contribution in [0.5, 0.6) is 0 Å². The largest absolute Gasteiger partial charge is 0.369 e. The Morgan fingerprint density at radius 3 is 2.84 bits per heavy atom. The second-order valence-corrected chi connectivity index (χ2v) is 6.14. The highest BCUT2D eigenvalue weighted by Crippen LogP contribution is 2.19. The van der Waals surface area contributed by atoms with Crippen LogP contribution in [0, 0.1) is 0 Å². The van der Waals surface area contributed by atoms with Crippen molar-refractivity contribution in [1.82, 2.24) is 25.2 Å². The van der Waals surface area contributed by atoms with Crippen molar-refractivity contribution in [3.63, 3.8) is 0 Å². The predicted molar refractivity (Wildman–Crippen MR) is 95.4 cm³/mol. The van der Waals surface area contributed by atoms with E-state index in [0.29, 0.717) is 12.4 Å². The molecule has 2 N–H and O–H groups in total. The van der Waals surface area contributed by atoms with E-state index in [1.54, 1.807) is 0 Å². The molecular formula is C18H20N6O. The van der Waals surface area contributed by atoms with E-state index in [-0.39, 0.29) is 12.1 Å². The maximum atomic E-state index is 12.2. The minimum atomic E-state index is -0.174. The molecule has 2 aromatic heterocycles. The van der Waals surface area contributed by atoms with Gasteiger partial charge < -0.3 is 15.5 Å². The Bertz CT molecular complexity index is 862. The second kappa shape index (κ2) is 6.80. The molecule has 1 aromatic carbocycles. The van der Waals surface area contributed by atoms with Crippen molar-refractivity contribution in [2.45, 2.75) is 19.0 Å². The molecule has 0 unspecified atom stereocenters. The Morgan fingerprint density at radius 2 is 1.96 bits per heavy atom. The first-order chi connectivity index (χ1) is 12.3. The first kappa shape index (κ1) is 15.4. The molecule has 0 radical (unpaired) electrons. The first-order valence-corrected chi connectivity index (χ1v) is 8.42. The van der Waals surface area contributed by atoms with E-state index in [4.69, 9.17) is 0 Å². The third-order valence-corrected chi connectivity index (χ3v) is 4.44. The van der Waals surface area contributed by atoms with Crippen LogP contribution in [0.1, 0.15) is 12.2 Å². The number of benzene rings is 1. The number of nitrogens with zero attached hydrogens (tertiary/aromatic N) is 4. The minimum absolute atomic E-state index is 0.148. The van der Waals surface area contributed by atoms with Crippen LogP contribution in [0.15, 0.2) is 54.7 Å². The Hall–Kier alpha value is -3.09.